The Kier molecular flexibility index (Phi) is 8.59. The van der Waals surface area contributed by atoms with Gasteiger partial charge in [0.25, 0.3) is 5.91 Å². The van der Waals surface area contributed by atoms with Gasteiger partial charge in [0.05, 0.1) is 18.4 Å². The van der Waals surface area contributed by atoms with Crippen LogP contribution in [-0.4, -0.2) is 34.0 Å². The molecule has 1 amide bonds. The van der Waals surface area contributed by atoms with Crippen LogP contribution in [0.1, 0.15) is 21.5 Å². The molecule has 2 heterocycles. The Labute approximate surface area is 221 Å². The van der Waals surface area contributed by atoms with E-state index in [0.29, 0.717) is 21.8 Å². The third-order valence-electron chi connectivity index (χ3n) is 4.95. The van der Waals surface area contributed by atoms with E-state index >= 15 is 0 Å². The van der Waals surface area contributed by atoms with Crippen molar-refractivity contribution in [2.24, 2.45) is 0 Å². The first-order chi connectivity index (χ1) is 17.8. The fourth-order valence-corrected chi connectivity index (χ4v) is 4.04. The predicted molar refractivity (Wildman–Crippen MR) is 139 cm³/mol. The molecule has 2 N–H and O–H groups in total. The lowest BCUT2D eigenvalue weighted by molar-refractivity contribution is 0.102. The van der Waals surface area contributed by atoms with Gasteiger partial charge in [-0.1, -0.05) is 23.5 Å². The fraction of sp³-hybridized carbons (Fsp3) is 0.160. The van der Waals surface area contributed by atoms with Gasteiger partial charge in [-0.3, -0.25) is 4.79 Å². The summed E-state index contributed by atoms with van der Waals surface area (Å²) in [5, 5.41) is 7.51. The minimum Gasteiger partial charge on any atom is -0.485 e. The second-order valence-corrected chi connectivity index (χ2v) is 8.88. The number of nitrogens with zero attached hydrogens (tertiary/aromatic N) is 3. The van der Waals surface area contributed by atoms with Gasteiger partial charge in [0.1, 0.15) is 18.2 Å². The largest absolute Gasteiger partial charge is 0.485 e. The first kappa shape index (κ1) is 26.4. The summed E-state index contributed by atoms with van der Waals surface area (Å²) >= 11 is 7.55. The Morgan fingerprint density at radius 1 is 1.03 bits per heavy atom. The van der Waals surface area contributed by atoms with Crippen LogP contribution in [0, 0.1) is 11.6 Å². The van der Waals surface area contributed by atoms with E-state index in [1.54, 1.807) is 37.6 Å². The summed E-state index contributed by atoms with van der Waals surface area (Å²) in [5.41, 5.74) is 2.53. The van der Waals surface area contributed by atoms with E-state index in [2.05, 4.69) is 20.1 Å². The van der Waals surface area contributed by atoms with E-state index in [9.17, 15) is 13.6 Å². The molecule has 0 saturated heterocycles. The molecule has 0 bridgehead atoms. The number of benzene rings is 2. The minimum atomic E-state index is -0.705. The first-order valence-corrected chi connectivity index (χ1v) is 12.5. The first-order valence-electron chi connectivity index (χ1n) is 10.9. The quantitative estimate of drug-likeness (QED) is 0.241. The lowest BCUT2D eigenvalue weighted by atomic mass is 10.2. The molecular weight excluding hydrogens is 524 g/mol. The molecule has 8 nitrogen and oxygen atoms in total. The van der Waals surface area contributed by atoms with E-state index in [1.807, 2.05) is 6.26 Å². The average Bonchev–Trinajstić information content (AvgIpc) is 3.33. The number of aromatic nitrogens is 3. The smallest absolute Gasteiger partial charge is 0.258 e. The lowest BCUT2D eigenvalue weighted by Gasteiger charge is -2.13. The highest BCUT2D eigenvalue weighted by Crippen LogP contribution is 2.26. The van der Waals surface area contributed by atoms with Crippen LogP contribution >= 0.6 is 23.5 Å². The number of carbonyl (C=O) groups excluding carboxylic acids is 1. The normalized spacial score (nSPS) is 10.8. The zero-order valence-corrected chi connectivity index (χ0v) is 21.4. The number of pyridine rings is 1. The van der Waals surface area contributed by atoms with Gasteiger partial charge in [-0.2, -0.15) is 5.10 Å². The summed E-state index contributed by atoms with van der Waals surface area (Å²) in [6, 6.07) is 9.96. The summed E-state index contributed by atoms with van der Waals surface area (Å²) in [6.07, 6.45) is 6.34. The molecule has 0 unspecified atom stereocenters. The van der Waals surface area contributed by atoms with Crippen molar-refractivity contribution in [3.63, 3.8) is 0 Å². The third-order valence-corrected chi connectivity index (χ3v) is 5.61. The van der Waals surface area contributed by atoms with E-state index in [-0.39, 0.29) is 30.3 Å². The summed E-state index contributed by atoms with van der Waals surface area (Å²) in [6.45, 7) is 0.160. The molecule has 2 aromatic carbocycles. The molecule has 0 aliphatic heterocycles. The molecule has 192 valence electrons. The van der Waals surface area contributed by atoms with Gasteiger partial charge in [-0.15, -0.1) is 0 Å². The van der Waals surface area contributed by atoms with Gasteiger partial charge in [0.2, 0.25) is 0 Å². The average molecular weight is 546 g/mol. The van der Waals surface area contributed by atoms with Crippen LogP contribution in [0.5, 0.6) is 5.75 Å². The Bertz CT molecular complexity index is 1400. The van der Waals surface area contributed by atoms with Crippen LogP contribution in [0.15, 0.2) is 61.1 Å². The van der Waals surface area contributed by atoms with Gasteiger partial charge >= 0.3 is 0 Å². The van der Waals surface area contributed by atoms with Gasteiger partial charge < -0.3 is 19.5 Å². The van der Waals surface area contributed by atoms with Gasteiger partial charge in [-0.25, -0.2) is 18.4 Å². The highest BCUT2D eigenvalue weighted by atomic mass is 35.5. The lowest BCUT2D eigenvalue weighted by Crippen LogP contribution is -2.11. The minimum absolute atomic E-state index is 0.115. The standard InChI is InChI=1S/C25H22ClF2N5O3S/c1-35-13-16-5-23(36-14-15-3-19(27)8-20(28)4-15)24(29-10-16)33-12-17(11-30-33)25(34)31-21-6-18(26)7-22(9-21)32-37-2/h3-12,32H,13-14H2,1-2H3,(H,31,34). The summed E-state index contributed by atoms with van der Waals surface area (Å²) in [4.78, 5) is 17.3. The number of rotatable bonds is 10. The van der Waals surface area contributed by atoms with Crippen molar-refractivity contribution in [2.45, 2.75) is 13.2 Å². The maximum Gasteiger partial charge on any atom is 0.258 e. The highest BCUT2D eigenvalue weighted by molar-refractivity contribution is 7.99. The number of hydrogen-bond acceptors (Lipinski definition) is 7. The van der Waals surface area contributed by atoms with Gasteiger partial charge in [-0.05, 0) is 47.5 Å². The second kappa shape index (κ2) is 12.0. The number of nitrogens with one attached hydrogen (secondary N) is 2. The zero-order valence-electron chi connectivity index (χ0n) is 19.8. The highest BCUT2D eigenvalue weighted by Gasteiger charge is 2.16. The summed E-state index contributed by atoms with van der Waals surface area (Å²) in [7, 11) is 1.54. The molecule has 0 spiro atoms. The molecule has 4 rings (SSSR count). The Morgan fingerprint density at radius 2 is 1.78 bits per heavy atom. The summed E-state index contributed by atoms with van der Waals surface area (Å²) < 4.78 is 42.6. The van der Waals surface area contributed by atoms with Crippen molar-refractivity contribution in [1.29, 1.82) is 0 Å². The summed E-state index contributed by atoms with van der Waals surface area (Å²) in [5.74, 6) is -1.24. The topological polar surface area (TPSA) is 90.3 Å². The maximum absolute atomic E-state index is 13.6. The van der Waals surface area contributed by atoms with Crippen molar-refractivity contribution in [1.82, 2.24) is 14.8 Å². The van der Waals surface area contributed by atoms with Crippen molar-refractivity contribution in [3.8, 4) is 11.6 Å². The van der Waals surface area contributed by atoms with Crippen LogP contribution in [0.2, 0.25) is 5.02 Å². The van der Waals surface area contributed by atoms with E-state index in [1.165, 1.54) is 41.2 Å². The number of methoxy groups -OCH3 is 1. The van der Waals surface area contributed by atoms with Gasteiger partial charge in [0.15, 0.2) is 11.6 Å². The number of carbonyl (C=O) groups is 1. The van der Waals surface area contributed by atoms with Crippen LogP contribution in [0.25, 0.3) is 5.82 Å². The van der Waals surface area contributed by atoms with Crippen LogP contribution in [-0.2, 0) is 18.0 Å². The number of anilines is 2. The van der Waals surface area contributed by atoms with Crippen LogP contribution in [0.3, 0.4) is 0 Å². The second-order valence-electron chi connectivity index (χ2n) is 7.83. The molecule has 12 heteroatoms. The van der Waals surface area contributed by atoms with E-state index < -0.39 is 17.5 Å². The predicted octanol–water partition coefficient (Wildman–Crippen LogP) is 5.87. The molecule has 4 aromatic rings. The SMILES string of the molecule is COCc1cnc(-n2cc(C(=O)Nc3cc(Cl)cc(NSC)c3)cn2)c(OCc2cc(F)cc(F)c2)c1. The zero-order chi connectivity index (χ0) is 26.4. The Morgan fingerprint density at radius 3 is 2.51 bits per heavy atom. The molecule has 0 aliphatic rings. The molecule has 0 fully saturated rings. The number of hydrogen-bond donors (Lipinski definition) is 2. The van der Waals surface area contributed by atoms with Crippen LogP contribution < -0.4 is 14.8 Å². The van der Waals surface area contributed by atoms with Crippen molar-refractivity contribution in [2.75, 3.05) is 23.4 Å². The van der Waals surface area contributed by atoms with Crippen LogP contribution in [0.4, 0.5) is 20.2 Å². The molecular formula is C25H22ClF2N5O3S. The molecule has 0 radical (unpaired) electrons. The fourth-order valence-electron chi connectivity index (χ4n) is 3.45. The molecule has 0 aliphatic carbocycles. The Balaban J connectivity index is 1.56. The van der Waals surface area contributed by atoms with Crippen molar-refractivity contribution >= 4 is 40.8 Å². The molecule has 37 heavy (non-hydrogen) atoms. The third kappa shape index (κ3) is 6.97. The van der Waals surface area contributed by atoms with E-state index in [0.717, 1.165) is 11.8 Å². The van der Waals surface area contributed by atoms with E-state index in [4.69, 9.17) is 21.1 Å². The molecule has 0 atom stereocenters. The molecule has 2 aromatic heterocycles. The molecule has 0 saturated carbocycles. The number of halogens is 3. The van der Waals surface area contributed by atoms with Gasteiger partial charge in [0, 0.05) is 48.2 Å². The number of amides is 1. The van der Waals surface area contributed by atoms with Crippen molar-refractivity contribution < 1.29 is 23.0 Å². The maximum atomic E-state index is 13.6. The number of ether oxygens (including phenoxy) is 2. The monoisotopic (exact) mass is 545 g/mol. The van der Waals surface area contributed by atoms with Crippen molar-refractivity contribution in [3.05, 3.63) is 94.4 Å². The Hall–Kier alpha value is -3.67.